The van der Waals surface area contributed by atoms with Gasteiger partial charge in [0, 0.05) is 0 Å². The number of hydrogen-bond donors (Lipinski definition) is 0. The molecule has 3 heteroatoms. The minimum atomic E-state index is -0.520. The van der Waals surface area contributed by atoms with E-state index in [0.29, 0.717) is 6.29 Å². The third-order valence-electron chi connectivity index (χ3n) is 0.407. The quantitative estimate of drug-likeness (QED) is 0.377. The monoisotopic (exact) mass is 106 g/mol. The first-order valence-electron chi connectivity index (χ1n) is 1.99. The molecule has 42 valence electrons. The van der Waals surface area contributed by atoms with Crippen molar-refractivity contribution < 1.29 is 13.9 Å². The van der Waals surface area contributed by atoms with Crippen LogP contribution in [0.15, 0.2) is 0 Å². The van der Waals surface area contributed by atoms with Crippen LogP contribution in [0.1, 0.15) is 0 Å². The second-order valence-corrected chi connectivity index (χ2v) is 0.931. The molecule has 0 fully saturated rings. The number of carbonyl (C=O) groups is 1. The van der Waals surface area contributed by atoms with E-state index in [4.69, 9.17) is 0 Å². The van der Waals surface area contributed by atoms with E-state index in [-0.39, 0.29) is 13.2 Å². The minimum absolute atomic E-state index is 0.00389. The fourth-order valence-electron chi connectivity index (χ4n) is 0.186. The molecule has 0 bridgehead atoms. The lowest BCUT2D eigenvalue weighted by Gasteiger charge is -1.89. The average Bonchev–Trinajstić information content (AvgIpc) is 1.69. The van der Waals surface area contributed by atoms with Gasteiger partial charge in [-0.3, -0.25) is 0 Å². The summed E-state index contributed by atoms with van der Waals surface area (Å²) in [6.07, 6.45) is 0.593. The summed E-state index contributed by atoms with van der Waals surface area (Å²) in [5, 5.41) is 0. The molecule has 0 rings (SSSR count). The molecule has 0 aliphatic heterocycles. The van der Waals surface area contributed by atoms with E-state index in [1.165, 1.54) is 0 Å². The first-order valence-corrected chi connectivity index (χ1v) is 1.99. The molecule has 0 aliphatic carbocycles. The molecule has 0 atom stereocenters. The molecule has 0 saturated heterocycles. The summed E-state index contributed by atoms with van der Waals surface area (Å²) in [7, 11) is 0. The van der Waals surface area contributed by atoms with Gasteiger partial charge < -0.3 is 9.53 Å². The van der Waals surface area contributed by atoms with E-state index in [9.17, 15) is 9.18 Å². The zero-order chi connectivity index (χ0) is 5.54. The highest BCUT2D eigenvalue weighted by Gasteiger charge is 1.80. The molecule has 0 aliphatic rings. The molecular formula is C4H7FO2. The maximum absolute atomic E-state index is 11.1. The highest BCUT2D eigenvalue weighted by atomic mass is 19.1. The molecule has 0 saturated carbocycles. The van der Waals surface area contributed by atoms with Gasteiger partial charge in [0.05, 0.1) is 6.61 Å². The van der Waals surface area contributed by atoms with Gasteiger partial charge in [0.25, 0.3) is 0 Å². The molecule has 0 aromatic rings. The number of ether oxygens (including phenoxy) is 1. The molecule has 0 unspecified atom stereocenters. The molecule has 0 radical (unpaired) electrons. The highest BCUT2D eigenvalue weighted by Crippen LogP contribution is 1.70. The fourth-order valence-corrected chi connectivity index (χ4v) is 0.186. The highest BCUT2D eigenvalue weighted by molar-refractivity contribution is 5.50. The first kappa shape index (κ1) is 6.56. The maximum Gasteiger partial charge on any atom is 0.145 e. The van der Waals surface area contributed by atoms with Gasteiger partial charge in [-0.05, 0) is 0 Å². The number of rotatable bonds is 4. The molecule has 2 nitrogen and oxygen atoms in total. The van der Waals surface area contributed by atoms with E-state index in [1.54, 1.807) is 0 Å². The van der Waals surface area contributed by atoms with Crippen molar-refractivity contribution in [1.82, 2.24) is 0 Å². The Morgan fingerprint density at radius 1 is 1.71 bits per heavy atom. The maximum atomic E-state index is 11.1. The average molecular weight is 106 g/mol. The normalized spacial score (nSPS) is 8.71. The predicted molar refractivity (Wildman–Crippen MR) is 22.9 cm³/mol. The van der Waals surface area contributed by atoms with Crippen LogP contribution in [0, 0.1) is 0 Å². The number of aldehydes is 1. The lowest BCUT2D eigenvalue weighted by Crippen LogP contribution is -1.97. The summed E-state index contributed by atoms with van der Waals surface area (Å²) in [6, 6.07) is 0. The van der Waals surface area contributed by atoms with Crippen LogP contribution in [0.4, 0.5) is 4.39 Å². The lowest BCUT2D eigenvalue weighted by molar-refractivity contribution is -0.111. The Labute approximate surface area is 41.3 Å². The van der Waals surface area contributed by atoms with Gasteiger partial charge in [-0.1, -0.05) is 0 Å². The second kappa shape index (κ2) is 5.56. The summed E-state index contributed by atoms with van der Waals surface area (Å²) in [4.78, 5) is 9.43. The van der Waals surface area contributed by atoms with Crippen molar-refractivity contribution in [2.45, 2.75) is 0 Å². The van der Waals surface area contributed by atoms with Crippen LogP contribution in [0.3, 0.4) is 0 Å². The molecule has 0 N–H and O–H groups in total. The Bertz CT molecular complexity index is 47.0. The summed E-state index contributed by atoms with van der Waals surface area (Å²) in [6.45, 7) is -0.490. The van der Waals surface area contributed by atoms with E-state index >= 15 is 0 Å². The predicted octanol–water partition coefficient (Wildman–Crippen LogP) is 0.171. The Balaban J connectivity index is 2.56. The van der Waals surface area contributed by atoms with Crippen molar-refractivity contribution in [3.63, 3.8) is 0 Å². The van der Waals surface area contributed by atoms with Crippen molar-refractivity contribution in [2.24, 2.45) is 0 Å². The van der Waals surface area contributed by atoms with Gasteiger partial charge in [-0.2, -0.15) is 0 Å². The molecule has 7 heavy (non-hydrogen) atoms. The van der Waals surface area contributed by atoms with Crippen LogP contribution in [0.25, 0.3) is 0 Å². The summed E-state index contributed by atoms with van der Waals surface area (Å²) >= 11 is 0. The van der Waals surface area contributed by atoms with Crippen LogP contribution in [-0.4, -0.2) is 26.2 Å². The van der Waals surface area contributed by atoms with Gasteiger partial charge in [0.2, 0.25) is 0 Å². The van der Waals surface area contributed by atoms with Crippen LogP contribution in [0.2, 0.25) is 0 Å². The van der Waals surface area contributed by atoms with Crippen molar-refractivity contribution in [3.8, 4) is 0 Å². The van der Waals surface area contributed by atoms with Crippen molar-refractivity contribution in [1.29, 1.82) is 0 Å². The standard InChI is InChI=1S/C4H7FO2/c5-1-3-7-4-2-6/h2H,1,3-4H2. The number of alkyl halides is 1. The second-order valence-electron chi connectivity index (χ2n) is 0.931. The third-order valence-corrected chi connectivity index (χ3v) is 0.407. The number of carbonyl (C=O) groups excluding carboxylic acids is 1. The van der Waals surface area contributed by atoms with E-state index < -0.39 is 6.67 Å². The minimum Gasteiger partial charge on any atom is -0.371 e. The molecular weight excluding hydrogens is 99.0 g/mol. The Morgan fingerprint density at radius 3 is 2.86 bits per heavy atom. The van der Waals surface area contributed by atoms with Gasteiger partial charge in [-0.25, -0.2) is 4.39 Å². The molecule has 0 spiro atoms. The van der Waals surface area contributed by atoms with Gasteiger partial charge in [0.15, 0.2) is 0 Å². The summed E-state index contributed by atoms with van der Waals surface area (Å²) in [5.41, 5.74) is 0. The fraction of sp³-hybridized carbons (Fsp3) is 0.750. The topological polar surface area (TPSA) is 26.3 Å². The molecule has 0 aromatic heterocycles. The van der Waals surface area contributed by atoms with Crippen LogP contribution in [-0.2, 0) is 9.53 Å². The third kappa shape index (κ3) is 5.56. The van der Waals surface area contributed by atoms with Crippen LogP contribution >= 0.6 is 0 Å². The van der Waals surface area contributed by atoms with Crippen LogP contribution < -0.4 is 0 Å². The van der Waals surface area contributed by atoms with Crippen molar-refractivity contribution in [3.05, 3.63) is 0 Å². The lowest BCUT2D eigenvalue weighted by atomic mass is 10.8. The zero-order valence-corrected chi connectivity index (χ0v) is 3.89. The van der Waals surface area contributed by atoms with E-state index in [0.717, 1.165) is 0 Å². The summed E-state index contributed by atoms with van der Waals surface area (Å²) in [5.74, 6) is 0. The molecule has 0 amide bonds. The number of hydrogen-bond acceptors (Lipinski definition) is 2. The Morgan fingerprint density at radius 2 is 2.43 bits per heavy atom. The zero-order valence-electron chi connectivity index (χ0n) is 3.89. The van der Waals surface area contributed by atoms with Crippen molar-refractivity contribution in [2.75, 3.05) is 19.9 Å². The van der Waals surface area contributed by atoms with Gasteiger partial charge in [-0.15, -0.1) is 0 Å². The molecule has 0 aromatic carbocycles. The largest absolute Gasteiger partial charge is 0.371 e. The van der Waals surface area contributed by atoms with Crippen molar-refractivity contribution >= 4 is 6.29 Å². The van der Waals surface area contributed by atoms with Gasteiger partial charge in [0.1, 0.15) is 19.6 Å². The molecule has 0 heterocycles. The van der Waals surface area contributed by atoms with E-state index in [2.05, 4.69) is 4.74 Å². The van der Waals surface area contributed by atoms with Gasteiger partial charge >= 0.3 is 0 Å². The SMILES string of the molecule is O=CCOCCF. The Hall–Kier alpha value is -0.440. The van der Waals surface area contributed by atoms with Crippen LogP contribution in [0.5, 0.6) is 0 Å². The first-order chi connectivity index (χ1) is 3.41. The number of halogens is 1. The Kier molecular flexibility index (Phi) is 5.21. The van der Waals surface area contributed by atoms with E-state index in [1.807, 2.05) is 0 Å². The summed E-state index contributed by atoms with van der Waals surface area (Å²) < 4.78 is 15.5. The smallest absolute Gasteiger partial charge is 0.145 e.